The summed E-state index contributed by atoms with van der Waals surface area (Å²) in [7, 11) is 0. The summed E-state index contributed by atoms with van der Waals surface area (Å²) in [5, 5.41) is 0.490. The van der Waals surface area contributed by atoms with Crippen molar-refractivity contribution in [2.45, 2.75) is 38.0 Å². The SMILES string of the molecule is Nc1cc2[nH]c(=O)c3cnc(C4CCCCC4)n3c2cc1Cl. The molecule has 0 amide bonds. The first kappa shape index (κ1) is 13.6. The lowest BCUT2D eigenvalue weighted by molar-refractivity contribution is 0.428. The summed E-state index contributed by atoms with van der Waals surface area (Å²) in [4.78, 5) is 19.7. The van der Waals surface area contributed by atoms with Gasteiger partial charge < -0.3 is 10.7 Å². The number of halogens is 1. The first-order valence-electron chi connectivity index (χ1n) is 7.63. The quantitative estimate of drug-likeness (QED) is 0.675. The Morgan fingerprint density at radius 2 is 2.00 bits per heavy atom. The van der Waals surface area contributed by atoms with E-state index in [1.54, 1.807) is 12.3 Å². The highest BCUT2D eigenvalue weighted by atomic mass is 35.5. The third kappa shape index (κ3) is 2.00. The van der Waals surface area contributed by atoms with Gasteiger partial charge in [0, 0.05) is 5.92 Å². The summed E-state index contributed by atoms with van der Waals surface area (Å²) < 4.78 is 1.95. The largest absolute Gasteiger partial charge is 0.397 e. The number of hydrogen-bond donors (Lipinski definition) is 2. The van der Waals surface area contributed by atoms with Gasteiger partial charge in [0.1, 0.15) is 11.3 Å². The second-order valence-electron chi connectivity index (χ2n) is 6.02. The van der Waals surface area contributed by atoms with Gasteiger partial charge in [0.15, 0.2) is 0 Å². The van der Waals surface area contributed by atoms with Gasteiger partial charge in [-0.3, -0.25) is 9.20 Å². The Morgan fingerprint density at radius 1 is 1.23 bits per heavy atom. The number of nitrogens with zero attached hydrogens (tertiary/aromatic N) is 2. The number of aromatic nitrogens is 3. The van der Waals surface area contributed by atoms with Crippen LogP contribution in [0.25, 0.3) is 16.6 Å². The molecular formula is C16H17ClN4O. The van der Waals surface area contributed by atoms with Crippen molar-refractivity contribution in [3.8, 4) is 0 Å². The molecule has 1 saturated carbocycles. The molecule has 6 heteroatoms. The lowest BCUT2D eigenvalue weighted by Gasteiger charge is -2.21. The molecule has 0 aliphatic heterocycles. The average molecular weight is 317 g/mol. The molecule has 1 aromatic carbocycles. The van der Waals surface area contributed by atoms with E-state index in [4.69, 9.17) is 17.3 Å². The van der Waals surface area contributed by atoms with Gasteiger partial charge >= 0.3 is 0 Å². The summed E-state index contributed by atoms with van der Waals surface area (Å²) in [6, 6.07) is 3.52. The summed E-state index contributed by atoms with van der Waals surface area (Å²) in [5.74, 6) is 1.37. The summed E-state index contributed by atoms with van der Waals surface area (Å²) in [6.45, 7) is 0. The van der Waals surface area contributed by atoms with Crippen LogP contribution in [0.5, 0.6) is 0 Å². The highest BCUT2D eigenvalue weighted by molar-refractivity contribution is 6.33. The van der Waals surface area contributed by atoms with Crippen LogP contribution in [0.15, 0.2) is 23.1 Å². The molecule has 3 N–H and O–H groups in total. The molecule has 1 aliphatic rings. The van der Waals surface area contributed by atoms with Gasteiger partial charge in [-0.1, -0.05) is 30.9 Å². The van der Waals surface area contributed by atoms with E-state index in [0.717, 1.165) is 24.2 Å². The van der Waals surface area contributed by atoms with Crippen LogP contribution in [-0.2, 0) is 0 Å². The third-order valence-corrected chi connectivity index (χ3v) is 4.92. The number of nitrogens with two attached hydrogens (primary N) is 1. The topological polar surface area (TPSA) is 76.2 Å². The van der Waals surface area contributed by atoms with Gasteiger partial charge in [0.05, 0.1) is 27.9 Å². The van der Waals surface area contributed by atoms with E-state index in [2.05, 4.69) is 9.97 Å². The van der Waals surface area contributed by atoms with Crippen molar-refractivity contribution in [1.82, 2.24) is 14.4 Å². The Morgan fingerprint density at radius 3 is 2.77 bits per heavy atom. The first-order chi connectivity index (χ1) is 10.6. The van der Waals surface area contributed by atoms with Crippen LogP contribution in [0.2, 0.25) is 5.02 Å². The second-order valence-corrected chi connectivity index (χ2v) is 6.42. The van der Waals surface area contributed by atoms with Gasteiger partial charge in [-0.2, -0.15) is 0 Å². The van der Waals surface area contributed by atoms with Crippen LogP contribution < -0.4 is 11.3 Å². The normalized spacial score (nSPS) is 16.6. The Balaban J connectivity index is 2.06. The minimum Gasteiger partial charge on any atom is -0.397 e. The smallest absolute Gasteiger partial charge is 0.274 e. The predicted molar refractivity (Wildman–Crippen MR) is 88.6 cm³/mol. The molecule has 3 aromatic rings. The summed E-state index contributed by atoms with van der Waals surface area (Å²) in [6.07, 6.45) is 7.62. The van der Waals surface area contributed by atoms with E-state index in [9.17, 15) is 4.79 Å². The highest BCUT2D eigenvalue weighted by Gasteiger charge is 2.22. The van der Waals surface area contributed by atoms with Crippen molar-refractivity contribution in [2.24, 2.45) is 0 Å². The predicted octanol–water partition coefficient (Wildman–Crippen LogP) is 3.46. The average Bonchev–Trinajstić information content (AvgIpc) is 2.96. The molecule has 1 aliphatic carbocycles. The minimum atomic E-state index is -0.149. The number of benzene rings is 1. The number of imidazole rings is 1. The molecule has 0 bridgehead atoms. The van der Waals surface area contributed by atoms with Crippen LogP contribution in [-0.4, -0.2) is 14.4 Å². The fourth-order valence-corrected chi connectivity index (χ4v) is 3.64. The van der Waals surface area contributed by atoms with Gasteiger partial charge in [-0.15, -0.1) is 0 Å². The molecule has 2 heterocycles. The number of aromatic amines is 1. The number of H-pyrrole nitrogens is 1. The standard InChI is InChI=1S/C16H17ClN4O/c17-10-6-13-12(7-11(10)18)20-16(22)14-8-19-15(21(13)14)9-4-2-1-3-5-9/h6-9H,1-5,18H2,(H,20,22). The van der Waals surface area contributed by atoms with E-state index >= 15 is 0 Å². The van der Waals surface area contributed by atoms with Crippen molar-refractivity contribution in [3.63, 3.8) is 0 Å². The van der Waals surface area contributed by atoms with Crippen LogP contribution >= 0.6 is 11.6 Å². The molecule has 22 heavy (non-hydrogen) atoms. The molecule has 114 valence electrons. The zero-order valence-corrected chi connectivity index (χ0v) is 12.9. The maximum Gasteiger partial charge on any atom is 0.274 e. The van der Waals surface area contributed by atoms with Crippen LogP contribution in [0, 0.1) is 0 Å². The minimum absolute atomic E-state index is 0.149. The van der Waals surface area contributed by atoms with Gasteiger partial charge in [0.25, 0.3) is 5.56 Å². The fraction of sp³-hybridized carbons (Fsp3) is 0.375. The zero-order valence-electron chi connectivity index (χ0n) is 12.1. The number of nitrogen functional groups attached to an aromatic ring is 1. The van der Waals surface area contributed by atoms with Gasteiger partial charge in [-0.25, -0.2) is 4.98 Å². The zero-order chi connectivity index (χ0) is 15.3. The molecule has 1 fully saturated rings. The lowest BCUT2D eigenvalue weighted by atomic mass is 9.89. The second kappa shape index (κ2) is 5.02. The Bertz CT molecular complexity index is 921. The Kier molecular flexibility index (Phi) is 3.11. The summed E-state index contributed by atoms with van der Waals surface area (Å²) >= 11 is 6.18. The van der Waals surface area contributed by atoms with E-state index in [0.29, 0.717) is 27.7 Å². The Hall–Kier alpha value is -2.01. The third-order valence-electron chi connectivity index (χ3n) is 4.60. The molecule has 0 spiro atoms. The molecular weight excluding hydrogens is 300 g/mol. The van der Waals surface area contributed by atoms with Crippen molar-refractivity contribution in [1.29, 1.82) is 0 Å². The first-order valence-corrected chi connectivity index (χ1v) is 8.01. The van der Waals surface area contributed by atoms with Crippen molar-refractivity contribution < 1.29 is 0 Å². The number of nitrogens with one attached hydrogen (secondary N) is 1. The van der Waals surface area contributed by atoms with E-state index < -0.39 is 0 Å². The number of rotatable bonds is 1. The van der Waals surface area contributed by atoms with Gasteiger partial charge in [-0.05, 0) is 25.0 Å². The molecule has 0 radical (unpaired) electrons. The molecule has 4 rings (SSSR count). The lowest BCUT2D eigenvalue weighted by Crippen LogP contribution is -2.14. The maximum absolute atomic E-state index is 12.3. The molecule has 0 atom stereocenters. The van der Waals surface area contributed by atoms with Crippen molar-refractivity contribution in [3.05, 3.63) is 39.5 Å². The summed E-state index contributed by atoms with van der Waals surface area (Å²) in [5.41, 5.74) is 8.28. The fourth-order valence-electron chi connectivity index (χ4n) is 3.48. The van der Waals surface area contributed by atoms with Crippen LogP contribution in [0.1, 0.15) is 43.8 Å². The number of fused-ring (bicyclic) bond motifs is 3. The van der Waals surface area contributed by atoms with Gasteiger partial charge in [0.2, 0.25) is 0 Å². The van der Waals surface area contributed by atoms with Crippen LogP contribution in [0.4, 0.5) is 5.69 Å². The highest BCUT2D eigenvalue weighted by Crippen LogP contribution is 2.33. The number of anilines is 1. The van der Waals surface area contributed by atoms with Crippen molar-refractivity contribution >= 4 is 33.8 Å². The molecule has 0 saturated heterocycles. The Labute approximate surface area is 132 Å². The van der Waals surface area contributed by atoms with E-state index in [1.807, 2.05) is 10.5 Å². The van der Waals surface area contributed by atoms with E-state index in [1.165, 1.54) is 19.3 Å². The number of hydrogen-bond acceptors (Lipinski definition) is 3. The molecule has 5 nitrogen and oxygen atoms in total. The molecule has 2 aromatic heterocycles. The van der Waals surface area contributed by atoms with Crippen LogP contribution in [0.3, 0.4) is 0 Å². The van der Waals surface area contributed by atoms with E-state index in [-0.39, 0.29) is 5.56 Å². The van der Waals surface area contributed by atoms with Crippen molar-refractivity contribution in [2.75, 3.05) is 5.73 Å². The maximum atomic E-state index is 12.3. The monoisotopic (exact) mass is 316 g/mol. The molecule has 0 unspecified atom stereocenters.